The Hall–Kier alpha value is -1.92. The van der Waals surface area contributed by atoms with Gasteiger partial charge in [-0.1, -0.05) is 0 Å². The van der Waals surface area contributed by atoms with Crippen molar-refractivity contribution in [3.05, 3.63) is 28.8 Å². The maximum atomic E-state index is 12.1. The zero-order chi connectivity index (χ0) is 15.6. The first-order valence-electron chi connectivity index (χ1n) is 6.93. The molecule has 0 spiro atoms. The van der Waals surface area contributed by atoms with Crippen LogP contribution in [0.25, 0.3) is 0 Å². The van der Waals surface area contributed by atoms with Gasteiger partial charge in [-0.15, -0.1) is 0 Å². The minimum Gasteiger partial charge on any atom is -0.478 e. The lowest BCUT2D eigenvalue weighted by atomic mass is 10.0. The van der Waals surface area contributed by atoms with Crippen LogP contribution in [0.3, 0.4) is 0 Å². The fourth-order valence-corrected chi connectivity index (χ4v) is 2.45. The topological polar surface area (TPSA) is 102 Å². The molecule has 1 saturated heterocycles. The number of amides is 1. The molecule has 6 nitrogen and oxygen atoms in total. The highest BCUT2D eigenvalue weighted by Crippen LogP contribution is 2.23. The van der Waals surface area contributed by atoms with Crippen LogP contribution in [0.5, 0.6) is 0 Å². The molecule has 2 unspecified atom stereocenters. The average molecular weight is 292 g/mol. The van der Waals surface area contributed by atoms with Crippen molar-refractivity contribution in [2.45, 2.75) is 38.9 Å². The fourth-order valence-electron chi connectivity index (χ4n) is 2.45. The molecule has 21 heavy (non-hydrogen) atoms. The Bertz CT molecular complexity index is 571. The number of aromatic carboxylic acids is 1. The molecule has 1 aromatic carbocycles. The summed E-state index contributed by atoms with van der Waals surface area (Å²) < 4.78 is 5.52. The van der Waals surface area contributed by atoms with E-state index in [0.29, 0.717) is 24.2 Å². The summed E-state index contributed by atoms with van der Waals surface area (Å²) in [7, 11) is 0. The lowest BCUT2D eigenvalue weighted by Gasteiger charge is -2.14. The number of anilines is 1. The number of nitrogens with two attached hydrogens (primary N) is 1. The third-order valence-electron chi connectivity index (χ3n) is 3.83. The van der Waals surface area contributed by atoms with Gasteiger partial charge in [-0.3, -0.25) is 4.79 Å². The summed E-state index contributed by atoms with van der Waals surface area (Å²) in [5, 5.41) is 11.9. The highest BCUT2D eigenvalue weighted by Gasteiger charge is 2.30. The van der Waals surface area contributed by atoms with Gasteiger partial charge in [0.2, 0.25) is 0 Å². The highest BCUT2D eigenvalue weighted by atomic mass is 16.5. The zero-order valence-electron chi connectivity index (χ0n) is 12.2. The summed E-state index contributed by atoms with van der Waals surface area (Å²) >= 11 is 0. The summed E-state index contributed by atoms with van der Waals surface area (Å²) in [6.07, 6.45) is 0.801. The van der Waals surface area contributed by atoms with Crippen molar-refractivity contribution in [3.63, 3.8) is 0 Å². The first-order valence-corrected chi connectivity index (χ1v) is 6.93. The third-order valence-corrected chi connectivity index (χ3v) is 3.83. The van der Waals surface area contributed by atoms with Crippen LogP contribution in [-0.2, 0) is 9.53 Å². The molecule has 0 bridgehead atoms. The van der Waals surface area contributed by atoms with Crippen molar-refractivity contribution in [1.29, 1.82) is 0 Å². The van der Waals surface area contributed by atoms with Gasteiger partial charge in [0.15, 0.2) is 0 Å². The van der Waals surface area contributed by atoms with Crippen molar-refractivity contribution >= 4 is 17.6 Å². The molecule has 0 aromatic heterocycles. The summed E-state index contributed by atoms with van der Waals surface area (Å²) in [5.41, 5.74) is 7.69. The van der Waals surface area contributed by atoms with E-state index in [2.05, 4.69) is 5.32 Å². The van der Waals surface area contributed by atoms with Crippen LogP contribution in [0.15, 0.2) is 12.1 Å². The molecule has 2 rings (SSSR count). The van der Waals surface area contributed by atoms with Gasteiger partial charge < -0.3 is 20.9 Å². The Morgan fingerprint density at radius 2 is 2.10 bits per heavy atom. The molecule has 2 atom stereocenters. The molecule has 1 aliphatic heterocycles. The summed E-state index contributed by atoms with van der Waals surface area (Å²) in [4.78, 5) is 23.3. The molecular weight excluding hydrogens is 272 g/mol. The lowest BCUT2D eigenvalue weighted by Crippen LogP contribution is -2.29. The second kappa shape index (κ2) is 6.24. The van der Waals surface area contributed by atoms with Crippen molar-refractivity contribution in [2.75, 3.05) is 11.9 Å². The predicted octanol–water partition coefficient (Wildman–Crippen LogP) is 1.45. The first-order chi connectivity index (χ1) is 9.92. The van der Waals surface area contributed by atoms with E-state index in [4.69, 9.17) is 10.5 Å². The maximum absolute atomic E-state index is 12.1. The van der Waals surface area contributed by atoms with Crippen LogP contribution in [0.4, 0.5) is 5.69 Å². The molecule has 1 fully saturated rings. The van der Waals surface area contributed by atoms with Gasteiger partial charge in [-0.25, -0.2) is 4.79 Å². The molecule has 4 N–H and O–H groups in total. The maximum Gasteiger partial charge on any atom is 0.336 e. The molecule has 0 radical (unpaired) electrons. The molecule has 114 valence electrons. The number of hydrogen-bond donors (Lipinski definition) is 3. The molecule has 1 heterocycles. The van der Waals surface area contributed by atoms with Gasteiger partial charge in [0.05, 0.1) is 11.7 Å². The standard InChI is InChI=1S/C15H20N2O4/c1-8-5-10(6-12(9(8)2)15(19)20)17-14(18)13-4-3-11(7-16)21-13/h5-6,11,13H,3-4,7,16H2,1-2H3,(H,17,18)(H,19,20). The van der Waals surface area contributed by atoms with E-state index >= 15 is 0 Å². The van der Waals surface area contributed by atoms with Gasteiger partial charge in [0.25, 0.3) is 5.91 Å². The number of carboxylic acid groups (broad SMARTS) is 1. The van der Waals surface area contributed by atoms with E-state index in [0.717, 1.165) is 12.0 Å². The number of carbonyl (C=O) groups is 2. The normalized spacial score (nSPS) is 21.3. The smallest absolute Gasteiger partial charge is 0.336 e. The van der Waals surface area contributed by atoms with Gasteiger partial charge in [0.1, 0.15) is 6.10 Å². The van der Waals surface area contributed by atoms with Crippen LogP contribution >= 0.6 is 0 Å². The number of carboxylic acids is 1. The summed E-state index contributed by atoms with van der Waals surface area (Å²) in [6, 6.07) is 3.23. The molecule has 1 aromatic rings. The van der Waals surface area contributed by atoms with Crippen molar-refractivity contribution < 1.29 is 19.4 Å². The number of nitrogens with one attached hydrogen (secondary N) is 1. The van der Waals surface area contributed by atoms with Gasteiger partial charge in [-0.05, 0) is 49.9 Å². The Morgan fingerprint density at radius 1 is 1.38 bits per heavy atom. The van der Waals surface area contributed by atoms with Crippen LogP contribution in [0, 0.1) is 13.8 Å². The first kappa shape index (κ1) is 15.5. The number of aryl methyl sites for hydroxylation is 1. The van der Waals surface area contributed by atoms with Crippen LogP contribution < -0.4 is 11.1 Å². The van der Waals surface area contributed by atoms with Crippen LogP contribution in [0.1, 0.15) is 34.3 Å². The van der Waals surface area contributed by atoms with Gasteiger partial charge >= 0.3 is 5.97 Å². The van der Waals surface area contributed by atoms with Crippen molar-refractivity contribution in [3.8, 4) is 0 Å². The SMILES string of the molecule is Cc1cc(NC(=O)C2CCC(CN)O2)cc(C(=O)O)c1C. The van der Waals surface area contributed by atoms with E-state index in [-0.39, 0.29) is 17.6 Å². The van der Waals surface area contributed by atoms with Crippen LogP contribution in [0.2, 0.25) is 0 Å². The number of benzene rings is 1. The minimum atomic E-state index is -1.01. The van der Waals surface area contributed by atoms with E-state index in [9.17, 15) is 14.7 Å². The Morgan fingerprint density at radius 3 is 2.67 bits per heavy atom. The van der Waals surface area contributed by atoms with Crippen molar-refractivity contribution in [1.82, 2.24) is 0 Å². The zero-order valence-corrected chi connectivity index (χ0v) is 12.2. The lowest BCUT2D eigenvalue weighted by molar-refractivity contribution is -0.126. The third kappa shape index (κ3) is 3.40. The highest BCUT2D eigenvalue weighted by molar-refractivity contribution is 5.97. The number of hydrogen-bond acceptors (Lipinski definition) is 4. The number of carbonyl (C=O) groups excluding carboxylic acids is 1. The van der Waals surface area contributed by atoms with Gasteiger partial charge in [0, 0.05) is 12.2 Å². The van der Waals surface area contributed by atoms with E-state index < -0.39 is 12.1 Å². The fraction of sp³-hybridized carbons (Fsp3) is 0.467. The summed E-state index contributed by atoms with van der Waals surface area (Å²) in [5.74, 6) is -1.27. The second-order valence-electron chi connectivity index (χ2n) is 5.32. The molecule has 1 amide bonds. The number of rotatable bonds is 4. The van der Waals surface area contributed by atoms with E-state index in [1.165, 1.54) is 6.07 Å². The average Bonchev–Trinajstić information content (AvgIpc) is 2.91. The van der Waals surface area contributed by atoms with Crippen molar-refractivity contribution in [2.24, 2.45) is 5.73 Å². The van der Waals surface area contributed by atoms with E-state index in [1.54, 1.807) is 13.0 Å². The Labute approximate surface area is 123 Å². The monoisotopic (exact) mass is 292 g/mol. The van der Waals surface area contributed by atoms with Crippen LogP contribution in [-0.4, -0.2) is 35.7 Å². The molecule has 0 aliphatic carbocycles. The minimum absolute atomic E-state index is 0.0740. The van der Waals surface area contributed by atoms with Gasteiger partial charge in [-0.2, -0.15) is 0 Å². The molecular formula is C15H20N2O4. The number of ether oxygens (including phenoxy) is 1. The Kier molecular flexibility index (Phi) is 4.59. The molecule has 0 saturated carbocycles. The molecule has 6 heteroatoms. The predicted molar refractivity (Wildman–Crippen MR) is 78.5 cm³/mol. The molecule has 1 aliphatic rings. The largest absolute Gasteiger partial charge is 0.478 e. The second-order valence-corrected chi connectivity index (χ2v) is 5.32. The quantitative estimate of drug-likeness (QED) is 0.779. The summed E-state index contributed by atoms with van der Waals surface area (Å²) in [6.45, 7) is 3.96. The van der Waals surface area contributed by atoms with E-state index in [1.807, 2.05) is 6.92 Å². The Balaban J connectivity index is 2.13.